The maximum absolute atomic E-state index is 12.1. The summed E-state index contributed by atoms with van der Waals surface area (Å²) in [5, 5.41) is 8.86. The van der Waals surface area contributed by atoms with E-state index >= 15 is 0 Å². The van der Waals surface area contributed by atoms with Crippen molar-refractivity contribution in [1.82, 2.24) is 4.90 Å². The first-order chi connectivity index (χ1) is 10.8. The lowest BCUT2D eigenvalue weighted by Gasteiger charge is -2.20. The zero-order valence-corrected chi connectivity index (χ0v) is 12.7. The number of halogens is 3. The molecule has 0 bridgehead atoms. The van der Waals surface area contributed by atoms with Gasteiger partial charge in [-0.25, -0.2) is 0 Å². The average Bonchev–Trinajstić information content (AvgIpc) is 2.64. The third-order valence-electron chi connectivity index (χ3n) is 3.97. The van der Waals surface area contributed by atoms with Crippen molar-refractivity contribution in [2.45, 2.75) is 38.6 Å². The molecule has 1 atom stereocenters. The van der Waals surface area contributed by atoms with Crippen LogP contribution < -0.4 is 4.74 Å². The molecule has 1 aromatic rings. The number of rotatable bonds is 5. The average molecular weight is 331 g/mol. The van der Waals surface area contributed by atoms with E-state index in [0.717, 1.165) is 37.9 Å². The van der Waals surface area contributed by atoms with E-state index in [4.69, 9.17) is 5.11 Å². The molecule has 7 heteroatoms. The van der Waals surface area contributed by atoms with Crippen LogP contribution in [0.1, 0.15) is 31.2 Å². The van der Waals surface area contributed by atoms with E-state index in [0.29, 0.717) is 6.54 Å². The van der Waals surface area contributed by atoms with E-state index in [1.165, 1.54) is 12.1 Å². The van der Waals surface area contributed by atoms with Gasteiger partial charge in [0.1, 0.15) is 5.75 Å². The molecule has 1 aromatic carbocycles. The van der Waals surface area contributed by atoms with E-state index < -0.39 is 12.3 Å². The number of carbonyl (C=O) groups is 1. The zero-order valence-electron chi connectivity index (χ0n) is 12.7. The number of nitrogens with zero attached hydrogens (tertiary/aromatic N) is 1. The highest BCUT2D eigenvalue weighted by atomic mass is 19.4. The Morgan fingerprint density at radius 1 is 1.22 bits per heavy atom. The maximum Gasteiger partial charge on any atom is 0.573 e. The SMILES string of the molecule is O=C(O)C[C@H]1CCCN(Cc2ccc(OC(F)(F)F)cc2)CC1. The summed E-state index contributed by atoms with van der Waals surface area (Å²) in [6.45, 7) is 2.32. The second-order valence-electron chi connectivity index (χ2n) is 5.86. The van der Waals surface area contributed by atoms with Crippen LogP contribution in [0.15, 0.2) is 24.3 Å². The Kier molecular flexibility index (Phi) is 5.87. The van der Waals surface area contributed by atoms with Crippen LogP contribution >= 0.6 is 0 Å². The summed E-state index contributed by atoms with van der Waals surface area (Å²) < 4.78 is 40.2. The Morgan fingerprint density at radius 2 is 1.91 bits per heavy atom. The van der Waals surface area contributed by atoms with Gasteiger partial charge in [0.15, 0.2) is 0 Å². The summed E-state index contributed by atoms with van der Waals surface area (Å²) in [4.78, 5) is 13.0. The molecule has 23 heavy (non-hydrogen) atoms. The zero-order chi connectivity index (χ0) is 16.9. The third-order valence-corrected chi connectivity index (χ3v) is 3.97. The third kappa shape index (κ3) is 6.48. The molecule has 2 rings (SSSR count). The number of benzene rings is 1. The molecule has 0 spiro atoms. The van der Waals surface area contributed by atoms with Gasteiger partial charge in [0.05, 0.1) is 0 Å². The Bertz CT molecular complexity index is 516. The normalized spacial score (nSPS) is 20.0. The number of hydrogen-bond acceptors (Lipinski definition) is 3. The first-order valence-corrected chi connectivity index (χ1v) is 7.60. The van der Waals surface area contributed by atoms with Gasteiger partial charge in [-0.05, 0) is 56.0 Å². The molecule has 1 heterocycles. The Morgan fingerprint density at radius 3 is 2.52 bits per heavy atom. The van der Waals surface area contributed by atoms with Gasteiger partial charge < -0.3 is 9.84 Å². The molecule has 0 unspecified atom stereocenters. The molecule has 1 fully saturated rings. The van der Waals surface area contributed by atoms with Gasteiger partial charge in [0, 0.05) is 13.0 Å². The molecular formula is C16H20F3NO3. The lowest BCUT2D eigenvalue weighted by atomic mass is 9.97. The lowest BCUT2D eigenvalue weighted by molar-refractivity contribution is -0.274. The van der Waals surface area contributed by atoms with Crippen molar-refractivity contribution < 1.29 is 27.8 Å². The molecule has 128 valence electrons. The van der Waals surface area contributed by atoms with Crippen molar-refractivity contribution in [2.24, 2.45) is 5.92 Å². The second kappa shape index (κ2) is 7.68. The standard InChI is InChI=1S/C16H20F3NO3/c17-16(18,19)23-14-5-3-13(4-6-14)11-20-8-1-2-12(7-9-20)10-15(21)22/h3-6,12H,1-2,7-11H2,(H,21,22)/t12-/m0/s1. The topological polar surface area (TPSA) is 49.8 Å². The van der Waals surface area contributed by atoms with Crippen molar-refractivity contribution >= 4 is 5.97 Å². The molecule has 0 amide bonds. The van der Waals surface area contributed by atoms with E-state index in [9.17, 15) is 18.0 Å². The summed E-state index contributed by atoms with van der Waals surface area (Å²) >= 11 is 0. The minimum Gasteiger partial charge on any atom is -0.481 e. The summed E-state index contributed by atoms with van der Waals surface area (Å²) in [5.74, 6) is -0.776. The van der Waals surface area contributed by atoms with Gasteiger partial charge in [-0.1, -0.05) is 12.1 Å². The van der Waals surface area contributed by atoms with Gasteiger partial charge in [-0.2, -0.15) is 0 Å². The van der Waals surface area contributed by atoms with Gasteiger partial charge in [-0.15, -0.1) is 13.2 Å². The number of aliphatic carboxylic acids is 1. The van der Waals surface area contributed by atoms with Crippen LogP contribution in [0, 0.1) is 5.92 Å². The van der Waals surface area contributed by atoms with Gasteiger partial charge in [0.2, 0.25) is 0 Å². The molecule has 1 aliphatic rings. The monoisotopic (exact) mass is 331 g/mol. The largest absolute Gasteiger partial charge is 0.573 e. The second-order valence-corrected chi connectivity index (χ2v) is 5.86. The molecule has 0 radical (unpaired) electrons. The predicted molar refractivity (Wildman–Crippen MR) is 78.0 cm³/mol. The van der Waals surface area contributed by atoms with Crippen molar-refractivity contribution in [3.05, 3.63) is 29.8 Å². The van der Waals surface area contributed by atoms with E-state index in [-0.39, 0.29) is 18.1 Å². The van der Waals surface area contributed by atoms with E-state index in [2.05, 4.69) is 9.64 Å². The number of ether oxygens (including phenoxy) is 1. The maximum atomic E-state index is 12.1. The van der Waals surface area contributed by atoms with Crippen molar-refractivity contribution in [1.29, 1.82) is 0 Å². The summed E-state index contributed by atoms with van der Waals surface area (Å²) in [5.41, 5.74) is 0.913. The van der Waals surface area contributed by atoms with Crippen LogP contribution in [0.2, 0.25) is 0 Å². The van der Waals surface area contributed by atoms with E-state index in [1.54, 1.807) is 12.1 Å². The van der Waals surface area contributed by atoms with Gasteiger partial charge >= 0.3 is 12.3 Å². The summed E-state index contributed by atoms with van der Waals surface area (Å²) in [6, 6.07) is 5.88. The highest BCUT2D eigenvalue weighted by Gasteiger charge is 2.31. The molecule has 1 aliphatic heterocycles. The smallest absolute Gasteiger partial charge is 0.481 e. The Labute approximate surface area is 132 Å². The van der Waals surface area contributed by atoms with Crippen LogP contribution in [0.3, 0.4) is 0 Å². The predicted octanol–water partition coefficient (Wildman–Crippen LogP) is 3.66. The molecule has 1 saturated heterocycles. The highest BCUT2D eigenvalue weighted by molar-refractivity contribution is 5.67. The minimum atomic E-state index is -4.68. The molecule has 0 aromatic heterocycles. The van der Waals surface area contributed by atoms with E-state index in [1.807, 2.05) is 0 Å². The fourth-order valence-electron chi connectivity index (χ4n) is 2.89. The van der Waals surface area contributed by atoms with Gasteiger partial charge in [0.25, 0.3) is 0 Å². The molecule has 4 nitrogen and oxygen atoms in total. The summed E-state index contributed by atoms with van der Waals surface area (Å²) in [6.07, 6.45) is -1.79. The molecule has 1 N–H and O–H groups in total. The van der Waals surface area contributed by atoms with Crippen LogP contribution in [-0.2, 0) is 11.3 Å². The molecular weight excluding hydrogens is 311 g/mol. The van der Waals surface area contributed by atoms with Crippen molar-refractivity contribution in [2.75, 3.05) is 13.1 Å². The number of hydrogen-bond donors (Lipinski definition) is 1. The molecule has 0 aliphatic carbocycles. The number of carboxylic acid groups (broad SMARTS) is 1. The van der Waals surface area contributed by atoms with Crippen molar-refractivity contribution in [3.63, 3.8) is 0 Å². The minimum absolute atomic E-state index is 0.206. The Balaban J connectivity index is 1.86. The number of alkyl halides is 3. The quantitative estimate of drug-likeness (QED) is 0.894. The first-order valence-electron chi connectivity index (χ1n) is 7.60. The summed E-state index contributed by atoms with van der Waals surface area (Å²) in [7, 11) is 0. The van der Waals surface area contributed by atoms with Crippen LogP contribution in [0.4, 0.5) is 13.2 Å². The fraction of sp³-hybridized carbons (Fsp3) is 0.562. The van der Waals surface area contributed by atoms with Crippen LogP contribution in [-0.4, -0.2) is 35.4 Å². The number of likely N-dealkylation sites (tertiary alicyclic amines) is 1. The fourth-order valence-corrected chi connectivity index (χ4v) is 2.89. The van der Waals surface area contributed by atoms with Crippen molar-refractivity contribution in [3.8, 4) is 5.75 Å². The number of carboxylic acids is 1. The highest BCUT2D eigenvalue weighted by Crippen LogP contribution is 2.24. The molecule has 0 saturated carbocycles. The Hall–Kier alpha value is -1.76. The van der Waals surface area contributed by atoms with Gasteiger partial charge in [-0.3, -0.25) is 9.69 Å². The lowest BCUT2D eigenvalue weighted by Crippen LogP contribution is -2.24. The first kappa shape index (κ1) is 17.6. The van der Waals surface area contributed by atoms with Crippen LogP contribution in [0.5, 0.6) is 5.75 Å². The van der Waals surface area contributed by atoms with Crippen LogP contribution in [0.25, 0.3) is 0 Å².